The van der Waals surface area contributed by atoms with Crippen molar-refractivity contribution in [3.05, 3.63) is 24.2 Å². The lowest BCUT2D eigenvalue weighted by Crippen LogP contribution is -2.36. The van der Waals surface area contributed by atoms with Crippen molar-refractivity contribution in [3.63, 3.8) is 0 Å². The summed E-state index contributed by atoms with van der Waals surface area (Å²) in [6, 6.07) is 0. The minimum atomic E-state index is -1.11. The number of hydrogen-bond donors (Lipinski definition) is 5. The van der Waals surface area contributed by atoms with E-state index in [9.17, 15) is 9.90 Å². The van der Waals surface area contributed by atoms with E-state index >= 15 is 0 Å². The van der Waals surface area contributed by atoms with Gasteiger partial charge >= 0.3 is 5.97 Å². The fourth-order valence-corrected chi connectivity index (χ4v) is 2.60. The molecule has 4 unspecified atom stereocenters. The molecule has 0 spiro atoms. The highest BCUT2D eigenvalue weighted by molar-refractivity contribution is 5.99. The van der Waals surface area contributed by atoms with E-state index in [4.69, 9.17) is 20.7 Å². The first-order valence-electron chi connectivity index (χ1n) is 7.02. The van der Waals surface area contributed by atoms with Crippen molar-refractivity contribution in [1.82, 2.24) is 14.9 Å². The number of amidine groups is 1. The number of carboxylic acids is 1. The summed E-state index contributed by atoms with van der Waals surface area (Å²) < 4.78 is 7.12. The van der Waals surface area contributed by atoms with E-state index in [0.717, 1.165) is 6.08 Å². The van der Waals surface area contributed by atoms with Crippen molar-refractivity contribution in [2.24, 2.45) is 10.7 Å². The van der Waals surface area contributed by atoms with Gasteiger partial charge in [-0.1, -0.05) is 0 Å². The van der Waals surface area contributed by atoms with Crippen LogP contribution >= 0.6 is 0 Å². The lowest BCUT2D eigenvalue weighted by Gasteiger charge is -2.22. The molecule has 0 radical (unpaired) electrons. The van der Waals surface area contributed by atoms with Crippen LogP contribution in [0.25, 0.3) is 0 Å². The predicted molar refractivity (Wildman–Crippen MR) is 77.8 cm³/mol. The van der Waals surface area contributed by atoms with Gasteiger partial charge in [-0.3, -0.25) is 4.57 Å². The Hall–Kier alpha value is -2.27. The van der Waals surface area contributed by atoms with Crippen LogP contribution in [0, 0.1) is 0 Å². The fourth-order valence-electron chi connectivity index (χ4n) is 2.60. The van der Waals surface area contributed by atoms with Crippen LogP contribution in [-0.2, 0) is 9.53 Å². The molecule has 0 amide bonds. The molecule has 1 saturated heterocycles. The average molecular weight is 323 g/mol. The molecule has 10 heteroatoms. The lowest BCUT2D eigenvalue weighted by molar-refractivity contribution is -0.131. The van der Waals surface area contributed by atoms with Crippen LogP contribution in [0.2, 0.25) is 0 Å². The first-order chi connectivity index (χ1) is 11.0. The molecule has 0 saturated carbocycles. The van der Waals surface area contributed by atoms with Crippen LogP contribution in [0.3, 0.4) is 0 Å². The van der Waals surface area contributed by atoms with E-state index in [2.05, 4.69) is 15.3 Å². The molecule has 23 heavy (non-hydrogen) atoms. The van der Waals surface area contributed by atoms with Crippen molar-refractivity contribution < 1.29 is 24.9 Å². The number of aliphatic hydroxyl groups is 2. The number of rotatable bonds is 4. The Kier molecular flexibility index (Phi) is 4.13. The van der Waals surface area contributed by atoms with Crippen molar-refractivity contribution in [3.8, 4) is 0 Å². The monoisotopic (exact) mass is 323 g/mol. The quantitative estimate of drug-likeness (QED) is 0.431. The summed E-state index contributed by atoms with van der Waals surface area (Å²) in [5.41, 5.74) is 6.41. The zero-order valence-electron chi connectivity index (χ0n) is 12.0. The summed E-state index contributed by atoms with van der Waals surface area (Å²) in [7, 11) is 0. The predicted octanol–water partition coefficient (Wildman–Crippen LogP) is -1.24. The van der Waals surface area contributed by atoms with Gasteiger partial charge in [0.25, 0.3) is 0 Å². The second-order valence-electron chi connectivity index (χ2n) is 5.29. The van der Waals surface area contributed by atoms with Gasteiger partial charge in [-0.05, 0) is 6.08 Å². The van der Waals surface area contributed by atoms with E-state index in [-0.39, 0.29) is 12.4 Å². The number of nitrogens with zero attached hydrogens (tertiary/aromatic N) is 3. The van der Waals surface area contributed by atoms with Gasteiger partial charge in [0, 0.05) is 12.5 Å². The molecule has 3 heterocycles. The maximum absolute atomic E-state index is 10.6. The molecule has 3 rings (SSSR count). The second-order valence-corrected chi connectivity index (χ2v) is 5.29. The van der Waals surface area contributed by atoms with Crippen molar-refractivity contribution in [2.75, 3.05) is 6.61 Å². The number of aliphatic carboxylic acids is 1. The van der Waals surface area contributed by atoms with Gasteiger partial charge in [-0.15, -0.1) is 0 Å². The number of carbonyl (C=O) groups is 1. The summed E-state index contributed by atoms with van der Waals surface area (Å²) in [4.78, 5) is 19.1. The van der Waals surface area contributed by atoms with Crippen LogP contribution in [0.4, 0.5) is 5.82 Å². The first kappa shape index (κ1) is 15.6. The van der Waals surface area contributed by atoms with Crippen LogP contribution < -0.4 is 11.1 Å². The van der Waals surface area contributed by atoms with Gasteiger partial charge in [0.2, 0.25) is 0 Å². The van der Waals surface area contributed by atoms with Crippen molar-refractivity contribution in [1.29, 1.82) is 0 Å². The van der Waals surface area contributed by atoms with Crippen LogP contribution in [-0.4, -0.2) is 55.5 Å². The number of fused-ring (bicyclic) bond motifs is 1. The number of aliphatic imine (C=N–C) groups is 1. The molecular formula is C13H17N5O5. The van der Waals surface area contributed by atoms with Crippen LogP contribution in [0.15, 0.2) is 23.5 Å². The summed E-state index contributed by atoms with van der Waals surface area (Å²) in [5, 5.41) is 30.8. The second kappa shape index (κ2) is 6.08. The number of nitrogens with two attached hydrogens (primary N) is 1. The molecule has 0 aliphatic carbocycles. The van der Waals surface area contributed by atoms with Gasteiger partial charge in [0.05, 0.1) is 19.0 Å². The summed E-state index contributed by atoms with van der Waals surface area (Å²) in [5.74, 6) is -0.466. The highest BCUT2D eigenvalue weighted by atomic mass is 16.5. The number of carboxylic acid groups (broad SMARTS) is 1. The van der Waals surface area contributed by atoms with Gasteiger partial charge in [0.1, 0.15) is 23.8 Å². The number of ether oxygens (including phenoxy) is 1. The Balaban J connectivity index is 1.94. The molecule has 124 valence electrons. The third-order valence-corrected chi connectivity index (χ3v) is 3.65. The van der Waals surface area contributed by atoms with E-state index < -0.39 is 30.6 Å². The zero-order valence-corrected chi connectivity index (χ0v) is 12.0. The molecule has 1 aromatic heterocycles. The van der Waals surface area contributed by atoms with Gasteiger partial charge in [0.15, 0.2) is 12.0 Å². The van der Waals surface area contributed by atoms with E-state index in [1.807, 2.05) is 0 Å². The van der Waals surface area contributed by atoms with Crippen LogP contribution in [0.1, 0.15) is 24.5 Å². The number of aromatic nitrogens is 2. The molecule has 0 aromatic carbocycles. The van der Waals surface area contributed by atoms with Gasteiger partial charge < -0.3 is 31.1 Å². The molecule has 6 N–H and O–H groups in total. The van der Waals surface area contributed by atoms with E-state index in [1.165, 1.54) is 17.0 Å². The first-order valence-corrected chi connectivity index (χ1v) is 7.02. The minimum absolute atomic E-state index is 0.193. The highest BCUT2D eigenvalue weighted by Crippen LogP contribution is 2.35. The van der Waals surface area contributed by atoms with Crippen LogP contribution in [0.5, 0.6) is 0 Å². The Bertz CT molecular complexity index is 670. The standard InChI is InChI=1S/C13H17N5O5/c14-11-10-12(17-8(16-11)1-2-9(21)22)18(5-15-10)13-7(20)3-6(4-19)23-13/h1-2,5-7,11,13,19-20H,3-4,14H2,(H,16,17)(H,21,22)/b2-1+. The van der Waals surface area contributed by atoms with Gasteiger partial charge in [-0.25, -0.2) is 14.8 Å². The third-order valence-electron chi connectivity index (χ3n) is 3.65. The molecular weight excluding hydrogens is 306 g/mol. The largest absolute Gasteiger partial charge is 0.478 e. The van der Waals surface area contributed by atoms with E-state index in [0.29, 0.717) is 17.9 Å². The molecule has 2 aliphatic rings. The Morgan fingerprint density at radius 1 is 1.61 bits per heavy atom. The highest BCUT2D eigenvalue weighted by Gasteiger charge is 2.37. The smallest absolute Gasteiger partial charge is 0.328 e. The summed E-state index contributed by atoms with van der Waals surface area (Å²) in [6.07, 6.45) is 1.30. The Labute approximate surface area is 130 Å². The fraction of sp³-hybridized carbons (Fsp3) is 0.462. The maximum atomic E-state index is 10.6. The van der Waals surface area contributed by atoms with Gasteiger partial charge in [-0.2, -0.15) is 0 Å². The summed E-state index contributed by atoms with van der Waals surface area (Å²) in [6.45, 7) is -0.193. The third kappa shape index (κ3) is 2.97. The number of nitrogens with one attached hydrogen (secondary N) is 1. The molecule has 1 fully saturated rings. The zero-order chi connectivity index (χ0) is 16.6. The van der Waals surface area contributed by atoms with Crippen molar-refractivity contribution in [2.45, 2.75) is 31.0 Å². The van der Waals surface area contributed by atoms with E-state index in [1.54, 1.807) is 0 Å². The topological polar surface area (TPSA) is 155 Å². The Morgan fingerprint density at radius 3 is 3.04 bits per heavy atom. The number of hydrogen-bond acceptors (Lipinski definition) is 8. The molecule has 4 atom stereocenters. The molecule has 10 nitrogen and oxygen atoms in total. The summed E-state index contributed by atoms with van der Waals surface area (Å²) >= 11 is 0. The normalized spacial score (nSPS) is 30.1. The lowest BCUT2D eigenvalue weighted by atomic mass is 10.2. The molecule has 1 aromatic rings. The minimum Gasteiger partial charge on any atom is -0.478 e. The van der Waals surface area contributed by atoms with Crippen molar-refractivity contribution >= 4 is 17.6 Å². The average Bonchev–Trinajstić information content (AvgIpc) is 3.08. The maximum Gasteiger partial charge on any atom is 0.328 e. The molecule has 0 bridgehead atoms. The SMILES string of the molecule is NC1NC(/C=C/C(=O)O)=Nc2c1ncn2C1OC(CO)CC1O. The molecule has 2 aliphatic heterocycles. The Morgan fingerprint density at radius 2 is 2.39 bits per heavy atom. The number of imidazole rings is 1. The number of aliphatic hydroxyl groups excluding tert-OH is 2.